The number of carbonyl (C=O) groups is 1. The molecule has 0 aromatic carbocycles. The number of pyridine rings is 1. The number of aryl methyl sites for hydroxylation is 1. The van der Waals surface area contributed by atoms with Crippen LogP contribution in [0.25, 0.3) is 0 Å². The molecule has 0 aliphatic carbocycles. The maximum Gasteiger partial charge on any atom is 0.241 e. The lowest BCUT2D eigenvalue weighted by molar-refractivity contribution is -0.130. The van der Waals surface area contributed by atoms with Crippen LogP contribution < -0.4 is 5.32 Å². The SMILES string of the molecule is Cc1cccc(NCC(=O)N2CCCCC2)n1. The molecule has 2 rings (SSSR count). The molecule has 0 spiro atoms. The molecule has 1 aliphatic rings. The van der Waals surface area contributed by atoms with Gasteiger partial charge in [0.15, 0.2) is 0 Å². The first-order chi connectivity index (χ1) is 8.25. The van der Waals surface area contributed by atoms with Crippen LogP contribution in [-0.2, 0) is 4.79 Å². The molecule has 4 heteroatoms. The number of rotatable bonds is 3. The van der Waals surface area contributed by atoms with Crippen LogP contribution in [-0.4, -0.2) is 35.4 Å². The van der Waals surface area contributed by atoms with Crippen molar-refractivity contribution < 1.29 is 4.79 Å². The van der Waals surface area contributed by atoms with Crippen molar-refractivity contribution in [2.24, 2.45) is 0 Å². The minimum atomic E-state index is 0.174. The lowest BCUT2D eigenvalue weighted by Gasteiger charge is -2.26. The first-order valence-electron chi connectivity index (χ1n) is 6.21. The van der Waals surface area contributed by atoms with Crippen LogP contribution in [0, 0.1) is 6.92 Å². The van der Waals surface area contributed by atoms with E-state index in [0.29, 0.717) is 6.54 Å². The molecule has 0 radical (unpaired) electrons. The van der Waals surface area contributed by atoms with Crippen LogP contribution in [0.3, 0.4) is 0 Å². The van der Waals surface area contributed by atoms with Gasteiger partial charge in [-0.2, -0.15) is 0 Å². The molecule has 0 saturated carbocycles. The zero-order valence-corrected chi connectivity index (χ0v) is 10.3. The minimum absolute atomic E-state index is 0.174. The van der Waals surface area contributed by atoms with E-state index in [-0.39, 0.29) is 5.91 Å². The second-order valence-corrected chi connectivity index (χ2v) is 4.46. The summed E-state index contributed by atoms with van der Waals surface area (Å²) in [6.07, 6.45) is 3.51. The fraction of sp³-hybridized carbons (Fsp3) is 0.538. The molecule has 0 unspecified atom stereocenters. The average Bonchev–Trinajstić information content (AvgIpc) is 2.37. The van der Waals surface area contributed by atoms with E-state index in [1.807, 2.05) is 30.0 Å². The predicted molar refractivity (Wildman–Crippen MR) is 67.9 cm³/mol. The van der Waals surface area contributed by atoms with E-state index in [2.05, 4.69) is 10.3 Å². The summed E-state index contributed by atoms with van der Waals surface area (Å²) in [5, 5.41) is 3.08. The summed E-state index contributed by atoms with van der Waals surface area (Å²) in [5.74, 6) is 0.948. The van der Waals surface area contributed by atoms with Crippen LogP contribution in [0.15, 0.2) is 18.2 Å². The highest BCUT2D eigenvalue weighted by Gasteiger charge is 2.15. The summed E-state index contributed by atoms with van der Waals surface area (Å²) < 4.78 is 0. The topological polar surface area (TPSA) is 45.2 Å². The number of anilines is 1. The molecule has 0 bridgehead atoms. The number of hydrogen-bond donors (Lipinski definition) is 1. The highest BCUT2D eigenvalue weighted by atomic mass is 16.2. The third-order valence-corrected chi connectivity index (χ3v) is 3.02. The Balaban J connectivity index is 1.83. The van der Waals surface area contributed by atoms with Gasteiger partial charge in [0.2, 0.25) is 5.91 Å². The Hall–Kier alpha value is -1.58. The first-order valence-corrected chi connectivity index (χ1v) is 6.21. The summed E-state index contributed by atoms with van der Waals surface area (Å²) in [6, 6.07) is 5.77. The molecule has 1 amide bonds. The van der Waals surface area contributed by atoms with Gasteiger partial charge in [0.05, 0.1) is 6.54 Å². The average molecular weight is 233 g/mol. The van der Waals surface area contributed by atoms with Crippen molar-refractivity contribution in [2.75, 3.05) is 25.0 Å². The number of amides is 1. The van der Waals surface area contributed by atoms with Gasteiger partial charge in [-0.3, -0.25) is 4.79 Å². The Bertz CT molecular complexity index is 386. The number of piperidine rings is 1. The largest absolute Gasteiger partial charge is 0.361 e. The summed E-state index contributed by atoms with van der Waals surface area (Å²) in [4.78, 5) is 18.1. The van der Waals surface area contributed by atoms with Crippen molar-refractivity contribution in [3.8, 4) is 0 Å². The minimum Gasteiger partial charge on any atom is -0.361 e. The third-order valence-electron chi connectivity index (χ3n) is 3.02. The highest BCUT2D eigenvalue weighted by Crippen LogP contribution is 2.09. The standard InChI is InChI=1S/C13H19N3O/c1-11-6-5-7-12(15-11)14-10-13(17)16-8-3-2-4-9-16/h5-7H,2-4,8-10H2,1H3,(H,14,15). The summed E-state index contributed by atoms with van der Waals surface area (Å²) >= 11 is 0. The molecule has 1 aromatic heterocycles. The fourth-order valence-electron chi connectivity index (χ4n) is 2.06. The maximum atomic E-state index is 11.9. The second-order valence-electron chi connectivity index (χ2n) is 4.46. The normalized spacial score (nSPS) is 15.7. The lowest BCUT2D eigenvalue weighted by atomic mass is 10.1. The Kier molecular flexibility index (Phi) is 3.96. The smallest absolute Gasteiger partial charge is 0.241 e. The van der Waals surface area contributed by atoms with Crippen molar-refractivity contribution in [1.82, 2.24) is 9.88 Å². The van der Waals surface area contributed by atoms with Crippen LogP contribution >= 0.6 is 0 Å². The van der Waals surface area contributed by atoms with E-state index >= 15 is 0 Å². The molecule has 0 atom stereocenters. The van der Waals surface area contributed by atoms with E-state index in [4.69, 9.17) is 0 Å². The van der Waals surface area contributed by atoms with Crippen LogP contribution in [0.5, 0.6) is 0 Å². The number of likely N-dealkylation sites (tertiary alicyclic amines) is 1. The highest BCUT2D eigenvalue weighted by molar-refractivity contribution is 5.80. The summed E-state index contributed by atoms with van der Waals surface area (Å²) in [6.45, 7) is 4.09. The molecule has 2 heterocycles. The molecule has 4 nitrogen and oxygen atoms in total. The van der Waals surface area contributed by atoms with Gasteiger partial charge in [0.25, 0.3) is 0 Å². The van der Waals surface area contributed by atoms with Gasteiger partial charge in [-0.05, 0) is 38.3 Å². The quantitative estimate of drug-likeness (QED) is 0.866. The van der Waals surface area contributed by atoms with Crippen molar-refractivity contribution in [3.63, 3.8) is 0 Å². The van der Waals surface area contributed by atoms with Gasteiger partial charge in [-0.15, -0.1) is 0 Å². The van der Waals surface area contributed by atoms with E-state index in [9.17, 15) is 4.79 Å². The van der Waals surface area contributed by atoms with Crippen molar-refractivity contribution in [3.05, 3.63) is 23.9 Å². The summed E-state index contributed by atoms with van der Waals surface area (Å²) in [7, 11) is 0. The molecule has 92 valence electrons. The van der Waals surface area contributed by atoms with Crippen LogP contribution in [0.1, 0.15) is 25.0 Å². The monoisotopic (exact) mass is 233 g/mol. The number of nitrogens with one attached hydrogen (secondary N) is 1. The molecule has 1 fully saturated rings. The Morgan fingerprint density at radius 3 is 2.82 bits per heavy atom. The van der Waals surface area contributed by atoms with E-state index < -0.39 is 0 Å². The van der Waals surface area contributed by atoms with Crippen molar-refractivity contribution in [1.29, 1.82) is 0 Å². The predicted octanol–water partition coefficient (Wildman–Crippen LogP) is 1.81. The molecule has 17 heavy (non-hydrogen) atoms. The Morgan fingerprint density at radius 1 is 1.35 bits per heavy atom. The van der Waals surface area contributed by atoms with E-state index in [0.717, 1.165) is 37.4 Å². The van der Waals surface area contributed by atoms with Crippen LogP contribution in [0.2, 0.25) is 0 Å². The zero-order valence-electron chi connectivity index (χ0n) is 10.3. The van der Waals surface area contributed by atoms with Gasteiger partial charge >= 0.3 is 0 Å². The lowest BCUT2D eigenvalue weighted by Crippen LogP contribution is -2.39. The fourth-order valence-corrected chi connectivity index (χ4v) is 2.06. The van der Waals surface area contributed by atoms with Gasteiger partial charge in [-0.25, -0.2) is 4.98 Å². The maximum absolute atomic E-state index is 11.9. The van der Waals surface area contributed by atoms with Gasteiger partial charge in [-0.1, -0.05) is 6.07 Å². The van der Waals surface area contributed by atoms with E-state index in [1.165, 1.54) is 6.42 Å². The van der Waals surface area contributed by atoms with Gasteiger partial charge < -0.3 is 10.2 Å². The first kappa shape index (κ1) is 11.9. The number of aromatic nitrogens is 1. The van der Waals surface area contributed by atoms with E-state index in [1.54, 1.807) is 0 Å². The summed E-state index contributed by atoms with van der Waals surface area (Å²) in [5.41, 5.74) is 0.959. The van der Waals surface area contributed by atoms with Crippen molar-refractivity contribution in [2.45, 2.75) is 26.2 Å². The molecular weight excluding hydrogens is 214 g/mol. The number of nitrogens with zero attached hydrogens (tertiary/aromatic N) is 2. The Labute approximate surface area is 102 Å². The Morgan fingerprint density at radius 2 is 2.12 bits per heavy atom. The number of carbonyl (C=O) groups excluding carboxylic acids is 1. The van der Waals surface area contributed by atoms with Crippen LogP contribution in [0.4, 0.5) is 5.82 Å². The van der Waals surface area contributed by atoms with Gasteiger partial charge in [0, 0.05) is 18.8 Å². The molecule has 1 N–H and O–H groups in total. The zero-order chi connectivity index (χ0) is 12.1. The molecule has 1 saturated heterocycles. The van der Waals surface area contributed by atoms with Crippen molar-refractivity contribution >= 4 is 11.7 Å². The molecular formula is C13H19N3O. The molecule has 1 aliphatic heterocycles. The molecule has 1 aromatic rings. The number of hydrogen-bond acceptors (Lipinski definition) is 3. The third kappa shape index (κ3) is 3.44. The van der Waals surface area contributed by atoms with Gasteiger partial charge in [0.1, 0.15) is 5.82 Å². The second kappa shape index (κ2) is 5.66.